The molecule has 0 aliphatic rings. The van der Waals surface area contributed by atoms with Crippen molar-refractivity contribution >= 4 is 22.5 Å². The Morgan fingerprint density at radius 3 is 2.56 bits per heavy atom. The molecule has 140 valence electrons. The summed E-state index contributed by atoms with van der Waals surface area (Å²) in [7, 11) is 0. The second kappa shape index (κ2) is 7.27. The van der Waals surface area contributed by atoms with Crippen LogP contribution < -0.4 is 15.6 Å². The van der Waals surface area contributed by atoms with Gasteiger partial charge in [0, 0.05) is 17.1 Å². The number of H-pyrrole nitrogens is 1. The molecule has 0 atom stereocenters. The van der Waals surface area contributed by atoms with Gasteiger partial charge in [0.05, 0.1) is 5.52 Å². The largest absolute Gasteiger partial charge is 0.483 e. The highest BCUT2D eigenvalue weighted by atomic mass is 16.5. The van der Waals surface area contributed by atoms with E-state index in [-0.39, 0.29) is 23.5 Å². The van der Waals surface area contributed by atoms with E-state index in [0.29, 0.717) is 17.0 Å². The Labute approximate surface area is 158 Å². The number of aromatic nitrogens is 1. The molecule has 1 aromatic heterocycles. The second-order valence-corrected chi connectivity index (χ2v) is 7.66. The van der Waals surface area contributed by atoms with Crippen molar-refractivity contribution in [2.24, 2.45) is 0 Å². The van der Waals surface area contributed by atoms with E-state index in [1.54, 1.807) is 12.1 Å². The number of nitrogens with one attached hydrogen (secondary N) is 2. The van der Waals surface area contributed by atoms with Crippen molar-refractivity contribution in [3.8, 4) is 5.75 Å². The molecule has 0 aliphatic carbocycles. The van der Waals surface area contributed by atoms with Gasteiger partial charge in [-0.15, -0.1) is 0 Å². The quantitative estimate of drug-likeness (QED) is 0.730. The highest BCUT2D eigenvalue weighted by Crippen LogP contribution is 2.29. The zero-order chi connectivity index (χ0) is 19.6. The molecule has 0 bridgehead atoms. The van der Waals surface area contributed by atoms with Crippen LogP contribution in [-0.4, -0.2) is 17.5 Å². The fourth-order valence-corrected chi connectivity index (χ4v) is 3.02. The number of fused-ring (bicyclic) bond motifs is 1. The zero-order valence-corrected chi connectivity index (χ0v) is 16.1. The van der Waals surface area contributed by atoms with Gasteiger partial charge in [0.1, 0.15) is 5.75 Å². The van der Waals surface area contributed by atoms with Crippen molar-refractivity contribution in [3.63, 3.8) is 0 Å². The Morgan fingerprint density at radius 2 is 1.85 bits per heavy atom. The SMILES string of the molecule is Cc1ccccc1OCC(=O)Nc1ccc2c(C(C)(C)C)cc(=O)[nH]c2c1. The molecular weight excluding hydrogens is 340 g/mol. The van der Waals surface area contributed by atoms with E-state index >= 15 is 0 Å². The van der Waals surface area contributed by atoms with Crippen LogP contribution in [-0.2, 0) is 10.2 Å². The lowest BCUT2D eigenvalue weighted by atomic mass is 9.85. The van der Waals surface area contributed by atoms with E-state index < -0.39 is 0 Å². The Morgan fingerprint density at radius 1 is 1.11 bits per heavy atom. The molecule has 27 heavy (non-hydrogen) atoms. The first-order chi connectivity index (χ1) is 12.7. The van der Waals surface area contributed by atoms with Crippen molar-refractivity contribution in [2.75, 3.05) is 11.9 Å². The van der Waals surface area contributed by atoms with Gasteiger partial charge in [-0.3, -0.25) is 9.59 Å². The van der Waals surface area contributed by atoms with E-state index in [1.165, 1.54) is 0 Å². The molecule has 0 spiro atoms. The van der Waals surface area contributed by atoms with Gasteiger partial charge in [-0.2, -0.15) is 0 Å². The average molecular weight is 364 g/mol. The third-order valence-electron chi connectivity index (χ3n) is 4.39. The number of aryl methyl sites for hydroxylation is 1. The molecule has 5 heteroatoms. The Balaban J connectivity index is 1.78. The fraction of sp³-hybridized carbons (Fsp3) is 0.273. The summed E-state index contributed by atoms with van der Waals surface area (Å²) in [6.07, 6.45) is 0. The first-order valence-electron chi connectivity index (χ1n) is 8.90. The fourth-order valence-electron chi connectivity index (χ4n) is 3.02. The number of aromatic amines is 1. The molecule has 2 aromatic carbocycles. The maximum absolute atomic E-state index is 12.2. The summed E-state index contributed by atoms with van der Waals surface area (Å²) in [6.45, 7) is 8.06. The molecule has 2 N–H and O–H groups in total. The number of benzene rings is 2. The van der Waals surface area contributed by atoms with Gasteiger partial charge in [-0.1, -0.05) is 45.0 Å². The highest BCUT2D eigenvalue weighted by Gasteiger charge is 2.18. The normalized spacial score (nSPS) is 11.4. The molecule has 0 fully saturated rings. The van der Waals surface area contributed by atoms with Crippen LogP contribution in [0, 0.1) is 6.92 Å². The van der Waals surface area contributed by atoms with Crippen LogP contribution in [0.1, 0.15) is 31.9 Å². The molecule has 1 heterocycles. The Bertz CT molecular complexity index is 1050. The lowest BCUT2D eigenvalue weighted by Gasteiger charge is -2.21. The number of ether oxygens (including phenoxy) is 1. The third kappa shape index (κ3) is 4.37. The molecule has 0 aliphatic heterocycles. The van der Waals surface area contributed by atoms with Crippen LogP contribution in [0.25, 0.3) is 10.9 Å². The summed E-state index contributed by atoms with van der Waals surface area (Å²) in [4.78, 5) is 27.1. The lowest BCUT2D eigenvalue weighted by molar-refractivity contribution is -0.118. The van der Waals surface area contributed by atoms with Gasteiger partial charge >= 0.3 is 0 Å². The molecule has 5 nitrogen and oxygen atoms in total. The van der Waals surface area contributed by atoms with Gasteiger partial charge in [0.2, 0.25) is 5.56 Å². The molecule has 3 rings (SSSR count). The number of anilines is 1. The summed E-state index contributed by atoms with van der Waals surface area (Å²) in [6, 6.07) is 14.7. The molecule has 0 saturated heterocycles. The van der Waals surface area contributed by atoms with Crippen LogP contribution >= 0.6 is 0 Å². The number of amides is 1. The number of para-hydroxylation sites is 1. The van der Waals surface area contributed by atoms with Crippen LogP contribution in [0.5, 0.6) is 5.75 Å². The minimum absolute atomic E-state index is 0.0819. The van der Waals surface area contributed by atoms with E-state index in [2.05, 4.69) is 31.1 Å². The molecule has 3 aromatic rings. The molecular formula is C22H24N2O3. The predicted octanol–water partition coefficient (Wildman–Crippen LogP) is 4.15. The monoisotopic (exact) mass is 364 g/mol. The van der Waals surface area contributed by atoms with Gasteiger partial charge in [0.25, 0.3) is 5.91 Å². The zero-order valence-electron chi connectivity index (χ0n) is 16.1. The van der Waals surface area contributed by atoms with E-state index in [4.69, 9.17) is 4.74 Å². The molecule has 0 unspecified atom stereocenters. The number of hydrogen-bond donors (Lipinski definition) is 2. The van der Waals surface area contributed by atoms with Crippen LogP contribution in [0.3, 0.4) is 0 Å². The lowest BCUT2D eigenvalue weighted by Crippen LogP contribution is -2.21. The molecule has 0 saturated carbocycles. The van der Waals surface area contributed by atoms with Crippen molar-refractivity contribution in [2.45, 2.75) is 33.1 Å². The topological polar surface area (TPSA) is 71.2 Å². The maximum Gasteiger partial charge on any atom is 0.262 e. The van der Waals surface area contributed by atoms with Crippen molar-refractivity contribution in [1.82, 2.24) is 4.98 Å². The van der Waals surface area contributed by atoms with Crippen LogP contribution in [0.2, 0.25) is 0 Å². The minimum atomic E-state index is -0.257. The molecule has 0 radical (unpaired) electrons. The summed E-state index contributed by atoms with van der Waals surface area (Å²) in [5.41, 5.74) is 2.95. The number of hydrogen-bond acceptors (Lipinski definition) is 3. The van der Waals surface area contributed by atoms with Gasteiger partial charge in [-0.05, 0) is 41.7 Å². The van der Waals surface area contributed by atoms with E-state index in [1.807, 2.05) is 43.3 Å². The van der Waals surface area contributed by atoms with Crippen molar-refractivity contribution < 1.29 is 9.53 Å². The summed E-state index contributed by atoms with van der Waals surface area (Å²) >= 11 is 0. The smallest absolute Gasteiger partial charge is 0.262 e. The van der Waals surface area contributed by atoms with Gasteiger partial charge < -0.3 is 15.0 Å². The predicted molar refractivity (Wildman–Crippen MR) is 109 cm³/mol. The van der Waals surface area contributed by atoms with E-state index in [0.717, 1.165) is 16.5 Å². The number of pyridine rings is 1. The molecule has 1 amide bonds. The van der Waals surface area contributed by atoms with Crippen LogP contribution in [0.4, 0.5) is 5.69 Å². The third-order valence-corrected chi connectivity index (χ3v) is 4.39. The summed E-state index contributed by atoms with van der Waals surface area (Å²) in [5, 5.41) is 3.78. The highest BCUT2D eigenvalue weighted by molar-refractivity contribution is 5.95. The first-order valence-corrected chi connectivity index (χ1v) is 8.90. The number of rotatable bonds is 4. The number of carbonyl (C=O) groups excluding carboxylic acids is 1. The first kappa shape index (κ1) is 18.7. The van der Waals surface area contributed by atoms with Gasteiger partial charge in [-0.25, -0.2) is 0 Å². The van der Waals surface area contributed by atoms with Crippen molar-refractivity contribution in [3.05, 3.63) is 70.0 Å². The Kier molecular flexibility index (Phi) is 5.04. The summed E-state index contributed by atoms with van der Waals surface area (Å²) < 4.78 is 5.57. The van der Waals surface area contributed by atoms with Crippen molar-refractivity contribution in [1.29, 1.82) is 0 Å². The van der Waals surface area contributed by atoms with Gasteiger partial charge in [0.15, 0.2) is 6.61 Å². The van der Waals surface area contributed by atoms with Crippen LogP contribution in [0.15, 0.2) is 53.3 Å². The second-order valence-electron chi connectivity index (χ2n) is 7.66. The van der Waals surface area contributed by atoms with E-state index in [9.17, 15) is 9.59 Å². The Hall–Kier alpha value is -3.08. The minimum Gasteiger partial charge on any atom is -0.483 e. The maximum atomic E-state index is 12.2. The number of carbonyl (C=O) groups is 1. The average Bonchev–Trinajstić information content (AvgIpc) is 2.59. The standard InChI is InChI=1S/C22H24N2O3/c1-14-7-5-6-8-19(14)27-13-21(26)23-15-9-10-16-17(22(2,3)4)12-20(25)24-18(16)11-15/h5-12H,13H2,1-4H3,(H,23,26)(H,24,25). The summed E-state index contributed by atoms with van der Waals surface area (Å²) in [5.74, 6) is 0.428.